The first kappa shape index (κ1) is 9.01. The summed E-state index contributed by atoms with van der Waals surface area (Å²) in [7, 11) is 2.14. The minimum absolute atomic E-state index is 0.324. The first-order valence-corrected chi connectivity index (χ1v) is 4.53. The van der Waals surface area contributed by atoms with Crippen molar-refractivity contribution in [1.82, 2.24) is 4.90 Å². The standard InChI is InChI=1S/C9H19NO/c1-8-6-9(8)7-10(2)4-3-5-11/h8-9,11H,3-7H2,1-2H3. The van der Waals surface area contributed by atoms with E-state index >= 15 is 0 Å². The van der Waals surface area contributed by atoms with Gasteiger partial charge in [0.1, 0.15) is 0 Å². The highest BCUT2D eigenvalue weighted by Crippen LogP contribution is 2.37. The molecular weight excluding hydrogens is 138 g/mol. The van der Waals surface area contributed by atoms with E-state index in [1.807, 2.05) is 0 Å². The van der Waals surface area contributed by atoms with E-state index in [9.17, 15) is 0 Å². The predicted molar refractivity (Wildman–Crippen MR) is 46.5 cm³/mol. The van der Waals surface area contributed by atoms with Crippen LogP contribution in [-0.4, -0.2) is 36.8 Å². The van der Waals surface area contributed by atoms with Gasteiger partial charge < -0.3 is 10.0 Å². The van der Waals surface area contributed by atoms with E-state index in [-0.39, 0.29) is 0 Å². The number of nitrogens with zero attached hydrogens (tertiary/aromatic N) is 1. The van der Waals surface area contributed by atoms with Crippen LogP contribution in [0.25, 0.3) is 0 Å². The summed E-state index contributed by atoms with van der Waals surface area (Å²) in [6.07, 6.45) is 2.32. The summed E-state index contributed by atoms with van der Waals surface area (Å²) in [6.45, 7) is 4.90. The molecule has 1 saturated carbocycles. The first-order valence-electron chi connectivity index (χ1n) is 4.53. The summed E-state index contributed by atoms with van der Waals surface area (Å²) in [5.41, 5.74) is 0. The summed E-state index contributed by atoms with van der Waals surface area (Å²) in [5.74, 6) is 1.89. The van der Waals surface area contributed by atoms with E-state index in [2.05, 4.69) is 18.9 Å². The fraction of sp³-hybridized carbons (Fsp3) is 1.00. The Balaban J connectivity index is 1.97. The Morgan fingerprint density at radius 2 is 2.18 bits per heavy atom. The molecule has 0 spiro atoms. The molecule has 2 nitrogen and oxygen atoms in total. The van der Waals surface area contributed by atoms with Crippen molar-refractivity contribution in [3.05, 3.63) is 0 Å². The molecule has 0 aliphatic heterocycles. The average molecular weight is 157 g/mol. The Morgan fingerprint density at radius 1 is 1.55 bits per heavy atom. The van der Waals surface area contributed by atoms with E-state index in [4.69, 9.17) is 5.11 Å². The largest absolute Gasteiger partial charge is 0.396 e. The van der Waals surface area contributed by atoms with Crippen LogP contribution in [0, 0.1) is 11.8 Å². The Bertz CT molecular complexity index is 116. The van der Waals surface area contributed by atoms with E-state index in [1.165, 1.54) is 13.0 Å². The maximum atomic E-state index is 8.59. The molecule has 0 amide bonds. The molecule has 2 atom stereocenters. The van der Waals surface area contributed by atoms with Gasteiger partial charge in [0.05, 0.1) is 0 Å². The monoisotopic (exact) mass is 157 g/mol. The normalized spacial score (nSPS) is 29.5. The molecule has 11 heavy (non-hydrogen) atoms. The molecule has 0 saturated heterocycles. The van der Waals surface area contributed by atoms with Gasteiger partial charge >= 0.3 is 0 Å². The van der Waals surface area contributed by atoms with Crippen LogP contribution in [0.5, 0.6) is 0 Å². The summed E-state index contributed by atoms with van der Waals surface area (Å²) >= 11 is 0. The van der Waals surface area contributed by atoms with Gasteiger partial charge in [-0.25, -0.2) is 0 Å². The second-order valence-corrected chi connectivity index (χ2v) is 3.81. The predicted octanol–water partition coefficient (Wildman–Crippen LogP) is 0.957. The van der Waals surface area contributed by atoms with Crippen LogP contribution in [0.2, 0.25) is 0 Å². The third kappa shape index (κ3) is 3.21. The highest BCUT2D eigenvalue weighted by atomic mass is 16.3. The summed E-state index contributed by atoms with van der Waals surface area (Å²) < 4.78 is 0. The van der Waals surface area contributed by atoms with Gasteiger partial charge in [-0.15, -0.1) is 0 Å². The lowest BCUT2D eigenvalue weighted by Crippen LogP contribution is -2.23. The van der Waals surface area contributed by atoms with Gasteiger partial charge in [-0.2, -0.15) is 0 Å². The molecule has 66 valence electrons. The number of rotatable bonds is 5. The number of aliphatic hydroxyl groups is 1. The molecule has 1 aliphatic carbocycles. The van der Waals surface area contributed by atoms with Crippen molar-refractivity contribution in [1.29, 1.82) is 0 Å². The highest BCUT2D eigenvalue weighted by Gasteiger charge is 2.32. The third-order valence-corrected chi connectivity index (χ3v) is 2.52. The van der Waals surface area contributed by atoms with Crippen LogP contribution in [0.4, 0.5) is 0 Å². The van der Waals surface area contributed by atoms with E-state index in [1.54, 1.807) is 0 Å². The Kier molecular flexibility index (Phi) is 3.34. The van der Waals surface area contributed by atoms with Gasteiger partial charge in [0, 0.05) is 19.7 Å². The zero-order valence-corrected chi connectivity index (χ0v) is 7.58. The minimum Gasteiger partial charge on any atom is -0.396 e. The quantitative estimate of drug-likeness (QED) is 0.642. The zero-order valence-electron chi connectivity index (χ0n) is 7.58. The third-order valence-electron chi connectivity index (χ3n) is 2.52. The maximum absolute atomic E-state index is 8.59. The van der Waals surface area contributed by atoms with Crippen molar-refractivity contribution >= 4 is 0 Å². The Labute approximate surface area is 69.2 Å². The fourth-order valence-corrected chi connectivity index (χ4v) is 1.49. The van der Waals surface area contributed by atoms with E-state index < -0.39 is 0 Å². The molecule has 0 radical (unpaired) electrons. The van der Waals surface area contributed by atoms with Crippen molar-refractivity contribution < 1.29 is 5.11 Å². The van der Waals surface area contributed by atoms with Gasteiger partial charge in [-0.3, -0.25) is 0 Å². The lowest BCUT2D eigenvalue weighted by Gasteiger charge is -2.14. The molecule has 0 aromatic heterocycles. The summed E-state index contributed by atoms with van der Waals surface area (Å²) in [4.78, 5) is 2.32. The topological polar surface area (TPSA) is 23.5 Å². The molecular formula is C9H19NO. The molecule has 0 bridgehead atoms. The Hall–Kier alpha value is -0.0800. The molecule has 1 aliphatic rings. The number of hydrogen-bond donors (Lipinski definition) is 1. The van der Waals surface area contributed by atoms with Crippen LogP contribution >= 0.6 is 0 Å². The molecule has 0 aromatic rings. The molecule has 1 N–H and O–H groups in total. The van der Waals surface area contributed by atoms with Crippen LogP contribution in [-0.2, 0) is 0 Å². The van der Waals surface area contributed by atoms with Crippen LogP contribution in [0.1, 0.15) is 19.8 Å². The van der Waals surface area contributed by atoms with Gasteiger partial charge in [0.25, 0.3) is 0 Å². The van der Waals surface area contributed by atoms with Gasteiger partial charge in [0.2, 0.25) is 0 Å². The van der Waals surface area contributed by atoms with Crippen LogP contribution in [0.3, 0.4) is 0 Å². The maximum Gasteiger partial charge on any atom is 0.0443 e. The SMILES string of the molecule is CC1CC1CN(C)CCCO. The van der Waals surface area contributed by atoms with Gasteiger partial charge in [-0.1, -0.05) is 6.92 Å². The first-order chi connectivity index (χ1) is 5.24. The molecule has 1 rings (SSSR count). The van der Waals surface area contributed by atoms with E-state index in [0.29, 0.717) is 6.61 Å². The molecule has 2 heteroatoms. The Morgan fingerprint density at radius 3 is 2.64 bits per heavy atom. The van der Waals surface area contributed by atoms with Crippen molar-refractivity contribution in [3.63, 3.8) is 0 Å². The number of aliphatic hydroxyl groups excluding tert-OH is 1. The lowest BCUT2D eigenvalue weighted by molar-refractivity contribution is 0.242. The van der Waals surface area contributed by atoms with Crippen LogP contribution in [0.15, 0.2) is 0 Å². The van der Waals surface area contributed by atoms with Crippen molar-refractivity contribution in [3.8, 4) is 0 Å². The van der Waals surface area contributed by atoms with Crippen molar-refractivity contribution in [2.24, 2.45) is 11.8 Å². The highest BCUT2D eigenvalue weighted by molar-refractivity contribution is 4.84. The second kappa shape index (κ2) is 4.07. The van der Waals surface area contributed by atoms with Crippen LogP contribution < -0.4 is 0 Å². The summed E-state index contributed by atoms with van der Waals surface area (Å²) in [6, 6.07) is 0. The smallest absolute Gasteiger partial charge is 0.0443 e. The van der Waals surface area contributed by atoms with Crippen molar-refractivity contribution in [2.75, 3.05) is 26.7 Å². The average Bonchev–Trinajstić information content (AvgIpc) is 2.62. The minimum atomic E-state index is 0.324. The molecule has 2 unspecified atom stereocenters. The van der Waals surface area contributed by atoms with Gasteiger partial charge in [0.15, 0.2) is 0 Å². The molecule has 0 aromatic carbocycles. The second-order valence-electron chi connectivity index (χ2n) is 3.81. The van der Waals surface area contributed by atoms with Crippen molar-refractivity contribution in [2.45, 2.75) is 19.8 Å². The molecule has 0 heterocycles. The number of hydrogen-bond acceptors (Lipinski definition) is 2. The fourth-order valence-electron chi connectivity index (χ4n) is 1.49. The molecule has 1 fully saturated rings. The zero-order chi connectivity index (χ0) is 8.27. The summed E-state index contributed by atoms with van der Waals surface area (Å²) in [5, 5.41) is 8.59. The lowest BCUT2D eigenvalue weighted by atomic mass is 10.3. The van der Waals surface area contributed by atoms with E-state index in [0.717, 1.165) is 24.8 Å². The van der Waals surface area contributed by atoms with Gasteiger partial charge in [-0.05, 0) is 31.7 Å².